The van der Waals surface area contributed by atoms with Crippen molar-refractivity contribution >= 4 is 48.7 Å². The Bertz CT molecular complexity index is 1330. The number of nitrogens with one attached hydrogen (secondary N) is 1. The number of thiazole rings is 1. The maximum atomic E-state index is 13.0. The summed E-state index contributed by atoms with van der Waals surface area (Å²) in [6, 6.07) is 9.87. The summed E-state index contributed by atoms with van der Waals surface area (Å²) < 4.78 is 33.3. The lowest BCUT2D eigenvalue weighted by atomic mass is 10.1. The Hall–Kier alpha value is -3.02. The van der Waals surface area contributed by atoms with Crippen molar-refractivity contribution in [3.63, 3.8) is 0 Å². The number of hydrogen-bond donors (Lipinski definition) is 1. The van der Waals surface area contributed by atoms with Crippen LogP contribution in [0.25, 0.3) is 10.2 Å². The van der Waals surface area contributed by atoms with Crippen LogP contribution in [0, 0.1) is 13.8 Å². The summed E-state index contributed by atoms with van der Waals surface area (Å²) >= 11 is 1.40. The first-order chi connectivity index (χ1) is 16.2. The highest BCUT2D eigenvalue weighted by atomic mass is 32.2. The highest BCUT2D eigenvalue weighted by Gasteiger charge is 2.30. The van der Waals surface area contributed by atoms with Crippen molar-refractivity contribution in [2.24, 2.45) is 0 Å². The summed E-state index contributed by atoms with van der Waals surface area (Å²) in [6.07, 6.45) is -0.437. The van der Waals surface area contributed by atoms with Crippen molar-refractivity contribution in [3.05, 3.63) is 53.1 Å². The molecule has 3 aromatic rings. The molecule has 0 aliphatic carbocycles. The van der Waals surface area contributed by atoms with Gasteiger partial charge in [0, 0.05) is 31.7 Å². The molecule has 2 amide bonds. The predicted molar refractivity (Wildman–Crippen MR) is 131 cm³/mol. The molecule has 180 valence electrons. The van der Waals surface area contributed by atoms with Crippen LogP contribution in [0.2, 0.25) is 0 Å². The molecule has 34 heavy (non-hydrogen) atoms. The minimum absolute atomic E-state index is 0.0970. The summed E-state index contributed by atoms with van der Waals surface area (Å²) in [6.45, 7) is 6.90. The number of fused-ring (bicyclic) bond motifs is 1. The van der Waals surface area contributed by atoms with Gasteiger partial charge in [-0.3, -0.25) is 10.1 Å². The molecule has 11 heteroatoms. The van der Waals surface area contributed by atoms with E-state index in [-0.39, 0.29) is 43.6 Å². The lowest BCUT2D eigenvalue weighted by molar-refractivity contribution is 0.0933. The normalized spacial score (nSPS) is 14.9. The van der Waals surface area contributed by atoms with Crippen LogP contribution in [0.1, 0.15) is 28.4 Å². The van der Waals surface area contributed by atoms with E-state index in [2.05, 4.69) is 16.4 Å². The van der Waals surface area contributed by atoms with Crippen LogP contribution >= 0.6 is 11.3 Å². The minimum atomic E-state index is -3.74. The second-order valence-electron chi connectivity index (χ2n) is 8.02. The molecule has 2 aromatic carbocycles. The summed E-state index contributed by atoms with van der Waals surface area (Å²) in [4.78, 5) is 30.6. The number of ether oxygens (including phenoxy) is 1. The summed E-state index contributed by atoms with van der Waals surface area (Å²) in [5.74, 6) is -0.361. The third kappa shape index (κ3) is 4.91. The highest BCUT2D eigenvalue weighted by Crippen LogP contribution is 2.30. The minimum Gasteiger partial charge on any atom is -0.450 e. The Morgan fingerprint density at radius 1 is 1.09 bits per heavy atom. The standard InChI is InChI=1S/C23H26N4O5S2/c1-4-32-23(29)26-9-11-27(12-10-26)34(30,31)18-7-5-17(6-8-18)21(28)25-22-24-19-14-15(2)13-16(3)20(19)33-22/h5-8,13-14H,4,9-12H2,1-3H3,(H,24,25,28). The van der Waals surface area contributed by atoms with Crippen molar-refractivity contribution in [2.75, 3.05) is 38.1 Å². The number of carbonyl (C=O) groups excluding carboxylic acids is 2. The number of piperazine rings is 1. The second kappa shape index (κ2) is 9.69. The van der Waals surface area contributed by atoms with E-state index in [1.54, 1.807) is 6.92 Å². The number of carbonyl (C=O) groups is 2. The summed E-state index contributed by atoms with van der Waals surface area (Å²) in [7, 11) is -3.74. The van der Waals surface area contributed by atoms with Crippen molar-refractivity contribution < 1.29 is 22.7 Å². The molecule has 1 saturated heterocycles. The number of nitrogens with zero attached hydrogens (tertiary/aromatic N) is 3. The smallest absolute Gasteiger partial charge is 0.409 e. The third-order valence-corrected chi connectivity index (χ3v) is 8.59. The van der Waals surface area contributed by atoms with E-state index in [1.807, 2.05) is 19.9 Å². The maximum Gasteiger partial charge on any atom is 0.409 e. The van der Waals surface area contributed by atoms with Crippen LogP contribution < -0.4 is 5.32 Å². The number of aromatic nitrogens is 1. The first kappa shape index (κ1) is 24.1. The molecule has 4 rings (SSSR count). The van der Waals surface area contributed by atoms with E-state index < -0.39 is 16.1 Å². The monoisotopic (exact) mass is 502 g/mol. The van der Waals surface area contributed by atoms with Crippen LogP contribution in [-0.2, 0) is 14.8 Å². The molecular weight excluding hydrogens is 476 g/mol. The van der Waals surface area contributed by atoms with Crippen molar-refractivity contribution in [2.45, 2.75) is 25.7 Å². The number of sulfonamides is 1. The molecule has 1 fully saturated rings. The fourth-order valence-corrected chi connectivity index (χ4v) is 6.18. The number of rotatable bonds is 5. The van der Waals surface area contributed by atoms with Crippen LogP contribution in [0.3, 0.4) is 0 Å². The topological polar surface area (TPSA) is 109 Å². The number of hydrogen-bond acceptors (Lipinski definition) is 7. The lowest BCUT2D eigenvalue weighted by Crippen LogP contribution is -2.50. The number of aryl methyl sites for hydroxylation is 2. The Kier molecular flexibility index (Phi) is 6.87. The first-order valence-electron chi connectivity index (χ1n) is 10.9. The SMILES string of the molecule is CCOC(=O)N1CCN(S(=O)(=O)c2ccc(C(=O)Nc3nc4cc(C)cc(C)c4s3)cc2)CC1. The van der Waals surface area contributed by atoms with E-state index in [9.17, 15) is 18.0 Å². The zero-order chi connectivity index (χ0) is 24.5. The van der Waals surface area contributed by atoms with Gasteiger partial charge in [0.2, 0.25) is 10.0 Å². The van der Waals surface area contributed by atoms with Gasteiger partial charge < -0.3 is 9.64 Å². The van der Waals surface area contributed by atoms with Gasteiger partial charge in [-0.25, -0.2) is 18.2 Å². The molecule has 0 saturated carbocycles. The van der Waals surface area contributed by atoms with Gasteiger partial charge in [0.25, 0.3) is 5.91 Å². The van der Waals surface area contributed by atoms with Gasteiger partial charge in [-0.15, -0.1) is 0 Å². The fraction of sp³-hybridized carbons (Fsp3) is 0.348. The van der Waals surface area contributed by atoms with E-state index in [0.29, 0.717) is 10.7 Å². The molecule has 0 spiro atoms. The first-order valence-corrected chi connectivity index (χ1v) is 13.2. The van der Waals surface area contributed by atoms with E-state index in [0.717, 1.165) is 21.3 Å². The molecule has 0 unspecified atom stereocenters. The lowest BCUT2D eigenvalue weighted by Gasteiger charge is -2.33. The van der Waals surface area contributed by atoms with Gasteiger partial charge in [-0.1, -0.05) is 17.4 Å². The summed E-state index contributed by atoms with van der Waals surface area (Å²) in [5.41, 5.74) is 3.37. The molecule has 0 atom stereocenters. The maximum absolute atomic E-state index is 13.0. The largest absolute Gasteiger partial charge is 0.450 e. The number of anilines is 1. The van der Waals surface area contributed by atoms with Crippen LogP contribution in [0.4, 0.5) is 9.93 Å². The van der Waals surface area contributed by atoms with E-state index >= 15 is 0 Å². The molecule has 9 nitrogen and oxygen atoms in total. The Balaban J connectivity index is 1.43. The molecule has 1 aromatic heterocycles. The number of amides is 2. The van der Waals surface area contributed by atoms with Gasteiger partial charge in [-0.05, 0) is 62.2 Å². The van der Waals surface area contributed by atoms with Crippen LogP contribution in [0.5, 0.6) is 0 Å². The van der Waals surface area contributed by atoms with Gasteiger partial charge in [-0.2, -0.15) is 4.31 Å². The average molecular weight is 503 g/mol. The molecular formula is C23H26N4O5S2. The van der Waals surface area contributed by atoms with E-state index in [4.69, 9.17) is 4.74 Å². The zero-order valence-electron chi connectivity index (χ0n) is 19.2. The Morgan fingerprint density at radius 2 is 1.76 bits per heavy atom. The number of benzene rings is 2. The van der Waals surface area contributed by atoms with Gasteiger partial charge >= 0.3 is 6.09 Å². The van der Waals surface area contributed by atoms with Crippen molar-refractivity contribution in [3.8, 4) is 0 Å². The third-order valence-electron chi connectivity index (χ3n) is 5.56. The zero-order valence-corrected chi connectivity index (χ0v) is 20.8. The van der Waals surface area contributed by atoms with E-state index in [1.165, 1.54) is 44.8 Å². The average Bonchev–Trinajstić information content (AvgIpc) is 3.22. The van der Waals surface area contributed by atoms with Gasteiger partial charge in [0.1, 0.15) is 0 Å². The quantitative estimate of drug-likeness (QED) is 0.571. The predicted octanol–water partition coefficient (Wildman–Crippen LogP) is 3.63. The Morgan fingerprint density at radius 3 is 2.41 bits per heavy atom. The van der Waals surface area contributed by atoms with Crippen LogP contribution in [-0.4, -0.2) is 67.4 Å². The Labute approximate surface area is 202 Å². The molecule has 0 bridgehead atoms. The summed E-state index contributed by atoms with van der Waals surface area (Å²) in [5, 5.41) is 3.29. The molecule has 0 radical (unpaired) electrons. The van der Waals surface area contributed by atoms with Gasteiger partial charge in [0.15, 0.2) is 5.13 Å². The fourth-order valence-electron chi connectivity index (χ4n) is 3.85. The van der Waals surface area contributed by atoms with Crippen molar-refractivity contribution in [1.29, 1.82) is 0 Å². The molecule has 1 N–H and O–H groups in total. The molecule has 1 aliphatic heterocycles. The van der Waals surface area contributed by atoms with Gasteiger partial charge in [0.05, 0.1) is 21.7 Å². The van der Waals surface area contributed by atoms with Crippen molar-refractivity contribution in [1.82, 2.24) is 14.2 Å². The van der Waals surface area contributed by atoms with Crippen LogP contribution in [0.15, 0.2) is 41.3 Å². The highest BCUT2D eigenvalue weighted by molar-refractivity contribution is 7.89. The molecule has 2 heterocycles. The second-order valence-corrected chi connectivity index (χ2v) is 11.0. The molecule has 1 aliphatic rings.